The van der Waals surface area contributed by atoms with E-state index in [2.05, 4.69) is 4.98 Å². The molecule has 1 aromatic carbocycles. The van der Waals surface area contributed by atoms with E-state index in [-0.39, 0.29) is 29.7 Å². The third kappa shape index (κ3) is 3.94. The molecular weight excluding hydrogens is 394 g/mol. The number of anilines is 1. The normalized spacial score (nSPS) is 15.2. The molecule has 2 aliphatic rings. The van der Waals surface area contributed by atoms with Gasteiger partial charge < -0.3 is 15.7 Å². The number of pyridine rings is 1. The largest absolute Gasteiger partial charge is 0.483 e. The number of hydrogen-bond donors (Lipinski definition) is 2. The topological polar surface area (TPSA) is 120 Å². The van der Waals surface area contributed by atoms with Crippen molar-refractivity contribution in [3.8, 4) is 17.2 Å². The minimum atomic E-state index is -1.00. The fourth-order valence-electron chi connectivity index (χ4n) is 3.76. The molecule has 0 saturated heterocycles. The monoisotopic (exact) mass is 414 g/mol. The Kier molecular flexibility index (Phi) is 6.26. The first-order chi connectivity index (χ1) is 14.4. The Hall–Kier alpha value is -3.54. The summed E-state index contributed by atoms with van der Waals surface area (Å²) < 4.78 is 27.2. The summed E-state index contributed by atoms with van der Waals surface area (Å²) in [4.78, 5) is 27.1. The molecule has 1 aliphatic heterocycles. The number of nitrogens with zero attached hydrogens (tertiary/aromatic N) is 3. The lowest BCUT2D eigenvalue weighted by Crippen LogP contribution is -2.42. The molecule has 0 spiro atoms. The van der Waals surface area contributed by atoms with Crippen LogP contribution in [0.1, 0.15) is 36.1 Å². The van der Waals surface area contributed by atoms with Crippen molar-refractivity contribution in [2.75, 3.05) is 12.3 Å². The Bertz CT molecular complexity index is 1030. The molecule has 2 heterocycles. The van der Waals surface area contributed by atoms with E-state index in [1.807, 2.05) is 6.07 Å². The Balaban J connectivity index is 0.000000806. The third-order valence-corrected chi connectivity index (χ3v) is 5.47. The van der Waals surface area contributed by atoms with Gasteiger partial charge in [0.1, 0.15) is 17.5 Å². The summed E-state index contributed by atoms with van der Waals surface area (Å²) in [7, 11) is 0. The van der Waals surface area contributed by atoms with Crippen LogP contribution in [0.15, 0.2) is 18.2 Å². The molecular formula is C21H20F2N4O3. The molecule has 1 amide bonds. The first-order valence-corrected chi connectivity index (χ1v) is 9.44. The molecule has 0 atom stereocenters. The number of rotatable bonds is 2. The first-order valence-electron chi connectivity index (χ1n) is 9.44. The summed E-state index contributed by atoms with van der Waals surface area (Å²) in [6.45, 7) is 0.582. The van der Waals surface area contributed by atoms with Crippen LogP contribution in [0.4, 0.5) is 14.6 Å². The number of nitrogens with two attached hydrogens (primary N) is 1. The number of carbonyl (C=O) groups is 2. The first kappa shape index (κ1) is 21.2. The molecule has 0 bridgehead atoms. The Morgan fingerprint density at radius 1 is 1.33 bits per heavy atom. The van der Waals surface area contributed by atoms with Crippen LogP contribution in [0.3, 0.4) is 0 Å². The van der Waals surface area contributed by atoms with Crippen molar-refractivity contribution in [1.29, 1.82) is 5.26 Å². The maximum absolute atomic E-state index is 13.8. The molecule has 156 valence electrons. The van der Waals surface area contributed by atoms with Gasteiger partial charge in [-0.2, -0.15) is 5.26 Å². The standard InChI is InChI=1S/C20H18F2N4O.CH2O2/c21-15-5-4-12(8-16(15)22)18-13(9-23)19(24)25-17-6-7-26(10-14(17)18)20(27)11-2-1-3-11;2-1-3/h4-5,8,11H,1-3,6-7,10H2,(H2,24,25);1H,(H,2,3). The summed E-state index contributed by atoms with van der Waals surface area (Å²) in [6, 6.07) is 5.52. The fraction of sp³-hybridized carbons (Fsp3) is 0.333. The molecule has 1 aliphatic carbocycles. The van der Waals surface area contributed by atoms with Crippen LogP contribution in [0, 0.1) is 28.9 Å². The maximum Gasteiger partial charge on any atom is 0.290 e. The molecule has 0 radical (unpaired) electrons. The van der Waals surface area contributed by atoms with Crippen LogP contribution in [-0.2, 0) is 22.6 Å². The number of amides is 1. The van der Waals surface area contributed by atoms with Gasteiger partial charge in [0.2, 0.25) is 5.91 Å². The second-order valence-corrected chi connectivity index (χ2v) is 7.16. The number of carbonyl (C=O) groups excluding carboxylic acids is 1. The van der Waals surface area contributed by atoms with E-state index in [1.165, 1.54) is 6.07 Å². The Labute approximate surface area is 171 Å². The summed E-state index contributed by atoms with van der Waals surface area (Å²) in [6.07, 6.45) is 3.39. The average Bonchev–Trinajstić information content (AvgIpc) is 2.68. The van der Waals surface area contributed by atoms with Crippen molar-refractivity contribution in [3.63, 3.8) is 0 Å². The second-order valence-electron chi connectivity index (χ2n) is 7.16. The quantitative estimate of drug-likeness (QED) is 0.729. The van der Waals surface area contributed by atoms with Crippen molar-refractivity contribution < 1.29 is 23.5 Å². The number of aromatic nitrogens is 1. The van der Waals surface area contributed by atoms with Crippen LogP contribution in [0.25, 0.3) is 11.1 Å². The highest BCUT2D eigenvalue weighted by Gasteiger charge is 2.33. The molecule has 0 unspecified atom stereocenters. The van der Waals surface area contributed by atoms with Gasteiger partial charge in [0.15, 0.2) is 11.6 Å². The van der Waals surface area contributed by atoms with Crippen molar-refractivity contribution in [2.24, 2.45) is 5.92 Å². The Morgan fingerprint density at radius 3 is 2.60 bits per heavy atom. The van der Waals surface area contributed by atoms with E-state index in [0.717, 1.165) is 31.4 Å². The average molecular weight is 414 g/mol. The number of hydrogen-bond acceptors (Lipinski definition) is 5. The van der Waals surface area contributed by atoms with Gasteiger partial charge in [-0.3, -0.25) is 9.59 Å². The molecule has 4 rings (SSSR count). The summed E-state index contributed by atoms with van der Waals surface area (Å²) in [5, 5.41) is 16.5. The van der Waals surface area contributed by atoms with E-state index in [4.69, 9.17) is 15.6 Å². The van der Waals surface area contributed by atoms with E-state index in [1.54, 1.807) is 4.90 Å². The smallest absolute Gasteiger partial charge is 0.290 e. The van der Waals surface area contributed by atoms with Crippen LogP contribution in [-0.4, -0.2) is 33.9 Å². The number of nitrogen functional groups attached to an aromatic ring is 1. The summed E-state index contributed by atoms with van der Waals surface area (Å²) in [5.41, 5.74) is 8.25. The Morgan fingerprint density at radius 2 is 2.03 bits per heavy atom. The zero-order chi connectivity index (χ0) is 21.8. The van der Waals surface area contributed by atoms with Gasteiger partial charge in [-0.15, -0.1) is 0 Å². The molecule has 7 nitrogen and oxygen atoms in total. The van der Waals surface area contributed by atoms with Crippen molar-refractivity contribution in [2.45, 2.75) is 32.2 Å². The van der Waals surface area contributed by atoms with Crippen molar-refractivity contribution in [1.82, 2.24) is 9.88 Å². The number of fused-ring (bicyclic) bond motifs is 1. The molecule has 1 fully saturated rings. The van der Waals surface area contributed by atoms with Crippen molar-refractivity contribution in [3.05, 3.63) is 46.7 Å². The molecule has 1 aromatic heterocycles. The van der Waals surface area contributed by atoms with Gasteiger partial charge in [0.25, 0.3) is 6.47 Å². The minimum Gasteiger partial charge on any atom is -0.483 e. The maximum atomic E-state index is 13.8. The zero-order valence-corrected chi connectivity index (χ0v) is 16.1. The highest BCUT2D eigenvalue weighted by molar-refractivity contribution is 5.82. The van der Waals surface area contributed by atoms with Gasteiger partial charge in [-0.05, 0) is 30.5 Å². The van der Waals surface area contributed by atoms with Crippen molar-refractivity contribution >= 4 is 18.2 Å². The predicted octanol–water partition coefficient (Wildman–Crippen LogP) is 2.87. The highest BCUT2D eigenvalue weighted by atomic mass is 19.2. The van der Waals surface area contributed by atoms with Crippen LogP contribution in [0.5, 0.6) is 0 Å². The molecule has 30 heavy (non-hydrogen) atoms. The van der Waals surface area contributed by atoms with E-state index in [9.17, 15) is 18.8 Å². The lowest BCUT2D eigenvalue weighted by atomic mass is 9.83. The van der Waals surface area contributed by atoms with E-state index in [0.29, 0.717) is 41.9 Å². The SMILES string of the molecule is N#Cc1c(N)nc2c(c1-c1ccc(F)c(F)c1)CN(C(=O)C1CCC1)CC2.O=CO. The number of carboxylic acid groups (broad SMARTS) is 1. The number of benzene rings is 1. The molecule has 1 saturated carbocycles. The van der Waals surface area contributed by atoms with Crippen LogP contribution >= 0.6 is 0 Å². The van der Waals surface area contributed by atoms with Crippen LogP contribution in [0.2, 0.25) is 0 Å². The molecule has 3 N–H and O–H groups in total. The van der Waals surface area contributed by atoms with Gasteiger partial charge in [-0.1, -0.05) is 12.5 Å². The summed E-state index contributed by atoms with van der Waals surface area (Å²) in [5.74, 6) is -1.72. The molecule has 9 heteroatoms. The van der Waals surface area contributed by atoms with E-state index >= 15 is 0 Å². The number of halogens is 2. The van der Waals surface area contributed by atoms with Gasteiger partial charge in [-0.25, -0.2) is 13.8 Å². The molecule has 2 aromatic rings. The third-order valence-electron chi connectivity index (χ3n) is 5.47. The van der Waals surface area contributed by atoms with Crippen LogP contribution < -0.4 is 5.73 Å². The lowest BCUT2D eigenvalue weighted by Gasteiger charge is -2.35. The van der Waals surface area contributed by atoms with Gasteiger partial charge >= 0.3 is 0 Å². The summed E-state index contributed by atoms with van der Waals surface area (Å²) >= 11 is 0. The van der Waals surface area contributed by atoms with E-state index < -0.39 is 11.6 Å². The zero-order valence-electron chi connectivity index (χ0n) is 16.1. The van der Waals surface area contributed by atoms with Gasteiger partial charge in [0.05, 0.1) is 5.69 Å². The second kappa shape index (κ2) is 8.86. The fourth-order valence-corrected chi connectivity index (χ4v) is 3.76. The predicted molar refractivity (Wildman–Crippen MR) is 104 cm³/mol. The lowest BCUT2D eigenvalue weighted by molar-refractivity contribution is -0.139. The number of nitriles is 1. The highest BCUT2D eigenvalue weighted by Crippen LogP contribution is 2.37. The minimum absolute atomic E-state index is 0.0646. The van der Waals surface area contributed by atoms with Gasteiger partial charge in [0, 0.05) is 36.6 Å².